The van der Waals surface area contributed by atoms with E-state index in [-0.39, 0.29) is 13.2 Å². The monoisotopic (exact) mass is 415 g/mol. The SMILES string of the molecule is Cc1nn(-c2ccccc2)c(Cl)c1COc1ccc(CNC(C)(CO)CO)cc1. The molecule has 0 saturated carbocycles. The fourth-order valence-electron chi connectivity index (χ4n) is 2.77. The molecule has 0 aliphatic heterocycles. The van der Waals surface area contributed by atoms with E-state index in [0.717, 1.165) is 28.3 Å². The summed E-state index contributed by atoms with van der Waals surface area (Å²) in [5.74, 6) is 0.726. The molecule has 0 aliphatic carbocycles. The molecule has 3 N–H and O–H groups in total. The lowest BCUT2D eigenvalue weighted by atomic mass is 10.0. The summed E-state index contributed by atoms with van der Waals surface area (Å²) in [5, 5.41) is 26.9. The summed E-state index contributed by atoms with van der Waals surface area (Å²) in [6.07, 6.45) is 0. The lowest BCUT2D eigenvalue weighted by molar-refractivity contribution is 0.103. The first-order valence-electron chi connectivity index (χ1n) is 9.43. The van der Waals surface area contributed by atoms with Crippen LogP contribution in [0.2, 0.25) is 5.15 Å². The first-order chi connectivity index (χ1) is 14.0. The van der Waals surface area contributed by atoms with Crippen molar-refractivity contribution in [3.63, 3.8) is 0 Å². The van der Waals surface area contributed by atoms with Crippen LogP contribution in [0.4, 0.5) is 0 Å². The van der Waals surface area contributed by atoms with Gasteiger partial charge in [-0.15, -0.1) is 0 Å². The van der Waals surface area contributed by atoms with Crippen LogP contribution in [0.1, 0.15) is 23.7 Å². The zero-order valence-corrected chi connectivity index (χ0v) is 17.4. The minimum absolute atomic E-state index is 0.137. The second-order valence-electron chi connectivity index (χ2n) is 7.27. The molecule has 0 atom stereocenters. The van der Waals surface area contributed by atoms with Gasteiger partial charge in [0, 0.05) is 12.1 Å². The lowest BCUT2D eigenvalue weighted by Crippen LogP contribution is -2.48. The quantitative estimate of drug-likeness (QED) is 0.500. The Labute approximate surface area is 175 Å². The van der Waals surface area contributed by atoms with Gasteiger partial charge in [-0.1, -0.05) is 41.9 Å². The summed E-state index contributed by atoms with van der Waals surface area (Å²) in [4.78, 5) is 0. The summed E-state index contributed by atoms with van der Waals surface area (Å²) >= 11 is 6.54. The number of para-hydroxylation sites is 1. The molecule has 0 fully saturated rings. The summed E-state index contributed by atoms with van der Waals surface area (Å²) in [6.45, 7) is 4.27. The highest BCUT2D eigenvalue weighted by atomic mass is 35.5. The number of aliphatic hydroxyl groups excluding tert-OH is 2. The van der Waals surface area contributed by atoms with Gasteiger partial charge >= 0.3 is 0 Å². The number of aryl methyl sites for hydroxylation is 1. The van der Waals surface area contributed by atoms with E-state index in [9.17, 15) is 10.2 Å². The van der Waals surface area contributed by atoms with Crippen LogP contribution in [0.25, 0.3) is 5.69 Å². The van der Waals surface area contributed by atoms with Gasteiger partial charge in [0.1, 0.15) is 17.5 Å². The fraction of sp³-hybridized carbons (Fsp3) is 0.318. The maximum absolute atomic E-state index is 9.34. The molecule has 7 heteroatoms. The molecule has 154 valence electrons. The normalized spacial score (nSPS) is 11.6. The van der Waals surface area contributed by atoms with Gasteiger partial charge < -0.3 is 20.3 Å². The Morgan fingerprint density at radius 1 is 1.07 bits per heavy atom. The zero-order valence-electron chi connectivity index (χ0n) is 16.6. The third kappa shape index (κ3) is 5.16. The smallest absolute Gasteiger partial charge is 0.139 e. The predicted octanol–water partition coefficient (Wildman–Crippen LogP) is 3.25. The van der Waals surface area contributed by atoms with E-state index in [0.29, 0.717) is 18.3 Å². The molecule has 1 heterocycles. The number of nitrogens with one attached hydrogen (secondary N) is 1. The predicted molar refractivity (Wildman–Crippen MR) is 114 cm³/mol. The second-order valence-corrected chi connectivity index (χ2v) is 7.62. The molecule has 0 radical (unpaired) electrons. The number of benzene rings is 2. The van der Waals surface area contributed by atoms with E-state index in [4.69, 9.17) is 16.3 Å². The average Bonchev–Trinajstić information content (AvgIpc) is 3.05. The number of aromatic nitrogens is 2. The van der Waals surface area contributed by atoms with Crippen molar-refractivity contribution in [2.24, 2.45) is 0 Å². The molecule has 6 nitrogen and oxygen atoms in total. The standard InChI is InChI=1S/C22H26ClN3O3/c1-16-20(21(23)26(25-16)18-6-4-3-5-7-18)13-29-19-10-8-17(9-11-19)12-24-22(2,14-27)15-28/h3-11,24,27-28H,12-15H2,1-2H3. The van der Waals surface area contributed by atoms with Crippen LogP contribution in [0.3, 0.4) is 0 Å². The van der Waals surface area contributed by atoms with Crippen LogP contribution in [0, 0.1) is 6.92 Å². The number of nitrogens with zero attached hydrogens (tertiary/aromatic N) is 2. The van der Waals surface area contributed by atoms with Gasteiger partial charge in [0.05, 0.1) is 30.1 Å². The summed E-state index contributed by atoms with van der Waals surface area (Å²) in [6, 6.07) is 17.4. The Bertz CT molecular complexity index is 922. The van der Waals surface area contributed by atoms with Crippen molar-refractivity contribution in [1.82, 2.24) is 15.1 Å². The van der Waals surface area contributed by atoms with Crippen LogP contribution in [-0.4, -0.2) is 38.7 Å². The Balaban J connectivity index is 1.63. The Morgan fingerprint density at radius 2 is 1.72 bits per heavy atom. The molecule has 0 spiro atoms. The second kappa shape index (κ2) is 9.41. The van der Waals surface area contributed by atoms with Crippen molar-refractivity contribution in [3.05, 3.63) is 76.6 Å². The lowest BCUT2D eigenvalue weighted by Gasteiger charge is -2.26. The van der Waals surface area contributed by atoms with Crippen molar-refractivity contribution >= 4 is 11.6 Å². The van der Waals surface area contributed by atoms with Crippen molar-refractivity contribution in [2.75, 3.05) is 13.2 Å². The minimum Gasteiger partial charge on any atom is -0.489 e. The summed E-state index contributed by atoms with van der Waals surface area (Å²) < 4.78 is 7.62. The molecule has 0 bridgehead atoms. The number of aliphatic hydroxyl groups is 2. The van der Waals surface area contributed by atoms with Crippen LogP contribution >= 0.6 is 11.6 Å². The average molecular weight is 416 g/mol. The highest BCUT2D eigenvalue weighted by Gasteiger charge is 2.21. The molecule has 2 aromatic carbocycles. The van der Waals surface area contributed by atoms with Gasteiger partial charge in [0.2, 0.25) is 0 Å². The Kier molecular flexibility index (Phi) is 6.92. The first kappa shape index (κ1) is 21.3. The van der Waals surface area contributed by atoms with E-state index in [1.54, 1.807) is 11.6 Å². The number of rotatable bonds is 9. The Morgan fingerprint density at radius 3 is 2.34 bits per heavy atom. The molecule has 0 saturated heterocycles. The van der Waals surface area contributed by atoms with Crippen LogP contribution in [0.15, 0.2) is 54.6 Å². The topological polar surface area (TPSA) is 79.5 Å². The molecule has 0 aliphatic rings. The maximum atomic E-state index is 9.34. The number of halogens is 1. The Hall–Kier alpha value is -2.38. The highest BCUT2D eigenvalue weighted by Crippen LogP contribution is 2.25. The maximum Gasteiger partial charge on any atom is 0.139 e. The van der Waals surface area contributed by atoms with Crippen molar-refractivity contribution < 1.29 is 14.9 Å². The van der Waals surface area contributed by atoms with Gasteiger partial charge in [0.25, 0.3) is 0 Å². The van der Waals surface area contributed by atoms with E-state index in [1.165, 1.54) is 0 Å². The van der Waals surface area contributed by atoms with Gasteiger partial charge in [-0.05, 0) is 43.7 Å². The van der Waals surface area contributed by atoms with Crippen molar-refractivity contribution in [1.29, 1.82) is 0 Å². The number of hydrogen-bond donors (Lipinski definition) is 3. The van der Waals surface area contributed by atoms with Gasteiger partial charge in [-0.2, -0.15) is 5.10 Å². The minimum atomic E-state index is -0.706. The number of hydrogen-bond acceptors (Lipinski definition) is 5. The van der Waals surface area contributed by atoms with Crippen LogP contribution in [-0.2, 0) is 13.2 Å². The first-order valence-corrected chi connectivity index (χ1v) is 9.81. The van der Waals surface area contributed by atoms with Crippen LogP contribution in [0.5, 0.6) is 5.75 Å². The molecule has 0 amide bonds. The van der Waals surface area contributed by atoms with E-state index < -0.39 is 5.54 Å². The van der Waals surface area contributed by atoms with Crippen molar-refractivity contribution in [2.45, 2.75) is 32.5 Å². The molecule has 29 heavy (non-hydrogen) atoms. The third-order valence-electron chi connectivity index (χ3n) is 4.85. The fourth-order valence-corrected chi connectivity index (χ4v) is 3.10. The van der Waals surface area contributed by atoms with E-state index >= 15 is 0 Å². The third-order valence-corrected chi connectivity index (χ3v) is 5.23. The van der Waals surface area contributed by atoms with Gasteiger partial charge in [-0.25, -0.2) is 4.68 Å². The summed E-state index contributed by atoms with van der Waals surface area (Å²) in [5.41, 5.74) is 2.90. The highest BCUT2D eigenvalue weighted by molar-refractivity contribution is 6.30. The molecular formula is C22H26ClN3O3. The van der Waals surface area contributed by atoms with Gasteiger partial charge in [0.15, 0.2) is 0 Å². The largest absolute Gasteiger partial charge is 0.489 e. The van der Waals surface area contributed by atoms with E-state index in [1.807, 2.05) is 61.5 Å². The molecular weight excluding hydrogens is 390 g/mol. The zero-order chi connectivity index (χ0) is 20.9. The molecule has 3 rings (SSSR count). The molecule has 1 aromatic heterocycles. The number of ether oxygens (including phenoxy) is 1. The molecule has 3 aromatic rings. The molecule has 0 unspecified atom stereocenters. The van der Waals surface area contributed by atoms with Crippen molar-refractivity contribution in [3.8, 4) is 11.4 Å². The van der Waals surface area contributed by atoms with E-state index in [2.05, 4.69) is 10.4 Å². The summed E-state index contributed by atoms with van der Waals surface area (Å²) in [7, 11) is 0. The van der Waals surface area contributed by atoms with Crippen LogP contribution < -0.4 is 10.1 Å². The van der Waals surface area contributed by atoms with Gasteiger partial charge in [-0.3, -0.25) is 0 Å².